The lowest BCUT2D eigenvalue weighted by Crippen LogP contribution is -2.43. The summed E-state index contributed by atoms with van der Waals surface area (Å²) in [6.45, 7) is 3.41. The van der Waals surface area contributed by atoms with Crippen LogP contribution in [-0.2, 0) is 4.74 Å². The van der Waals surface area contributed by atoms with Gasteiger partial charge in [-0.25, -0.2) is 9.97 Å². The number of anilines is 1. The number of morpholine rings is 1. The third-order valence-corrected chi connectivity index (χ3v) is 4.38. The highest BCUT2D eigenvalue weighted by Crippen LogP contribution is 2.24. The van der Waals surface area contributed by atoms with Crippen molar-refractivity contribution in [3.8, 4) is 11.4 Å². The van der Waals surface area contributed by atoms with Gasteiger partial charge in [0.1, 0.15) is 5.82 Å². The Morgan fingerprint density at radius 3 is 2.84 bits per heavy atom. The number of para-hydroxylation sites is 1. The van der Waals surface area contributed by atoms with Gasteiger partial charge in [0.25, 0.3) is 0 Å². The van der Waals surface area contributed by atoms with Gasteiger partial charge in [-0.1, -0.05) is 12.1 Å². The van der Waals surface area contributed by atoms with Crippen LogP contribution in [0.15, 0.2) is 48.8 Å². The Labute approximate surface area is 146 Å². The second kappa shape index (κ2) is 7.13. The molecule has 0 unspecified atom stereocenters. The number of likely N-dealkylation sites (N-methyl/N-ethyl adjacent to an activating group) is 1. The highest BCUT2D eigenvalue weighted by Gasteiger charge is 2.18. The van der Waals surface area contributed by atoms with E-state index in [9.17, 15) is 0 Å². The molecule has 0 radical (unpaired) electrons. The molecule has 1 atom stereocenters. The molecular weight excluding hydrogens is 314 g/mol. The van der Waals surface area contributed by atoms with Crippen LogP contribution in [0.2, 0.25) is 0 Å². The summed E-state index contributed by atoms with van der Waals surface area (Å²) in [5.74, 6) is 1.54. The van der Waals surface area contributed by atoms with E-state index in [1.165, 1.54) is 0 Å². The molecule has 3 aromatic rings. The van der Waals surface area contributed by atoms with Gasteiger partial charge in [-0.05, 0) is 31.3 Å². The fraction of sp³-hybridized carbons (Fsp3) is 0.316. The third-order valence-electron chi connectivity index (χ3n) is 4.38. The van der Waals surface area contributed by atoms with Crippen LogP contribution in [0.25, 0.3) is 22.3 Å². The summed E-state index contributed by atoms with van der Waals surface area (Å²) in [5.41, 5.74) is 1.88. The maximum Gasteiger partial charge on any atom is 0.162 e. The number of ether oxygens (including phenoxy) is 1. The molecule has 6 nitrogen and oxygen atoms in total. The second-order valence-electron chi connectivity index (χ2n) is 6.28. The van der Waals surface area contributed by atoms with Crippen molar-refractivity contribution in [1.29, 1.82) is 0 Å². The van der Waals surface area contributed by atoms with Crippen molar-refractivity contribution >= 4 is 16.7 Å². The van der Waals surface area contributed by atoms with Crippen LogP contribution < -0.4 is 5.32 Å². The molecular formula is C19H21N5O. The average molecular weight is 335 g/mol. The fourth-order valence-electron chi connectivity index (χ4n) is 3.04. The lowest BCUT2D eigenvalue weighted by molar-refractivity contribution is -0.0117. The minimum absolute atomic E-state index is 0.164. The van der Waals surface area contributed by atoms with Crippen LogP contribution in [0.3, 0.4) is 0 Å². The van der Waals surface area contributed by atoms with E-state index in [0.29, 0.717) is 5.82 Å². The molecule has 1 saturated heterocycles. The Balaban J connectivity index is 1.64. The van der Waals surface area contributed by atoms with E-state index in [4.69, 9.17) is 14.7 Å². The number of benzene rings is 1. The van der Waals surface area contributed by atoms with Crippen LogP contribution >= 0.6 is 0 Å². The summed E-state index contributed by atoms with van der Waals surface area (Å²) in [7, 11) is 2.12. The first-order chi connectivity index (χ1) is 12.3. The van der Waals surface area contributed by atoms with E-state index in [-0.39, 0.29) is 6.10 Å². The SMILES string of the molecule is CN1CCO[C@H](CNc2nc(-c3ccncc3)nc3ccccc23)C1. The highest BCUT2D eigenvalue weighted by molar-refractivity contribution is 5.90. The summed E-state index contributed by atoms with van der Waals surface area (Å²) < 4.78 is 5.84. The topological polar surface area (TPSA) is 63.2 Å². The van der Waals surface area contributed by atoms with Crippen LogP contribution in [0, 0.1) is 0 Å². The van der Waals surface area contributed by atoms with Gasteiger partial charge in [0.2, 0.25) is 0 Å². The number of hydrogen-bond acceptors (Lipinski definition) is 6. The maximum absolute atomic E-state index is 5.84. The molecule has 0 aliphatic carbocycles. The van der Waals surface area contributed by atoms with Crippen LogP contribution in [0.5, 0.6) is 0 Å². The van der Waals surface area contributed by atoms with Gasteiger partial charge in [0, 0.05) is 43.0 Å². The van der Waals surface area contributed by atoms with E-state index < -0.39 is 0 Å². The molecule has 1 aromatic carbocycles. The standard InChI is InChI=1S/C19H21N5O/c1-24-10-11-25-15(13-24)12-21-19-16-4-2-3-5-17(16)22-18(23-19)14-6-8-20-9-7-14/h2-9,15H,10-13H2,1H3,(H,21,22,23)/t15-/m1/s1. The highest BCUT2D eigenvalue weighted by atomic mass is 16.5. The van der Waals surface area contributed by atoms with Crippen molar-refractivity contribution in [2.45, 2.75) is 6.10 Å². The fourth-order valence-corrected chi connectivity index (χ4v) is 3.04. The molecule has 25 heavy (non-hydrogen) atoms. The van der Waals surface area contributed by atoms with Crippen molar-refractivity contribution in [1.82, 2.24) is 19.9 Å². The zero-order valence-corrected chi connectivity index (χ0v) is 14.2. The second-order valence-corrected chi connectivity index (χ2v) is 6.28. The van der Waals surface area contributed by atoms with Gasteiger partial charge >= 0.3 is 0 Å². The first-order valence-corrected chi connectivity index (χ1v) is 8.51. The molecule has 6 heteroatoms. The van der Waals surface area contributed by atoms with Crippen molar-refractivity contribution in [2.24, 2.45) is 0 Å². The summed E-state index contributed by atoms with van der Waals surface area (Å²) in [6.07, 6.45) is 3.68. The largest absolute Gasteiger partial charge is 0.374 e. The van der Waals surface area contributed by atoms with Crippen molar-refractivity contribution in [3.63, 3.8) is 0 Å². The van der Waals surface area contributed by atoms with Crippen molar-refractivity contribution in [2.75, 3.05) is 38.6 Å². The monoisotopic (exact) mass is 335 g/mol. The normalized spacial score (nSPS) is 18.4. The first-order valence-electron chi connectivity index (χ1n) is 8.51. The number of aromatic nitrogens is 3. The predicted molar refractivity (Wildman–Crippen MR) is 98.5 cm³/mol. The van der Waals surface area contributed by atoms with Crippen molar-refractivity contribution < 1.29 is 4.74 Å². The van der Waals surface area contributed by atoms with Gasteiger partial charge in [-0.15, -0.1) is 0 Å². The van der Waals surface area contributed by atoms with Crippen LogP contribution in [-0.4, -0.2) is 59.2 Å². The Morgan fingerprint density at radius 1 is 1.16 bits per heavy atom. The van der Waals surface area contributed by atoms with Crippen LogP contribution in [0.1, 0.15) is 0 Å². The lowest BCUT2D eigenvalue weighted by Gasteiger charge is -2.30. The first kappa shape index (κ1) is 15.9. The summed E-state index contributed by atoms with van der Waals surface area (Å²) >= 11 is 0. The summed E-state index contributed by atoms with van der Waals surface area (Å²) in [4.78, 5) is 15.8. The Kier molecular flexibility index (Phi) is 4.54. The van der Waals surface area contributed by atoms with Gasteiger partial charge in [0.05, 0.1) is 18.2 Å². The molecule has 4 rings (SSSR count). The number of hydrogen-bond donors (Lipinski definition) is 1. The molecule has 1 aliphatic heterocycles. The third kappa shape index (κ3) is 3.60. The smallest absolute Gasteiger partial charge is 0.162 e. The molecule has 0 saturated carbocycles. The number of rotatable bonds is 4. The molecule has 2 aromatic heterocycles. The lowest BCUT2D eigenvalue weighted by atomic mass is 10.2. The van der Waals surface area contributed by atoms with Crippen molar-refractivity contribution in [3.05, 3.63) is 48.8 Å². The molecule has 3 heterocycles. The zero-order valence-electron chi connectivity index (χ0n) is 14.2. The Bertz CT molecular complexity index is 855. The average Bonchev–Trinajstić information content (AvgIpc) is 2.66. The molecule has 1 aliphatic rings. The van der Waals surface area contributed by atoms with E-state index in [1.807, 2.05) is 36.4 Å². The predicted octanol–water partition coefficient (Wildman–Crippen LogP) is 2.43. The van der Waals surface area contributed by atoms with E-state index >= 15 is 0 Å². The van der Waals surface area contributed by atoms with Gasteiger partial charge in [-0.3, -0.25) is 4.98 Å². The number of fused-ring (bicyclic) bond motifs is 1. The minimum Gasteiger partial charge on any atom is -0.374 e. The van der Waals surface area contributed by atoms with Gasteiger partial charge in [0.15, 0.2) is 5.82 Å². The quantitative estimate of drug-likeness (QED) is 0.790. The van der Waals surface area contributed by atoms with E-state index in [2.05, 4.69) is 22.2 Å². The maximum atomic E-state index is 5.84. The van der Waals surface area contributed by atoms with Gasteiger partial charge in [-0.2, -0.15) is 0 Å². The van der Waals surface area contributed by atoms with Crippen LogP contribution in [0.4, 0.5) is 5.82 Å². The number of pyridine rings is 1. The molecule has 128 valence electrons. The molecule has 1 N–H and O–H groups in total. The van der Waals surface area contributed by atoms with Gasteiger partial charge < -0.3 is 15.0 Å². The number of nitrogens with one attached hydrogen (secondary N) is 1. The number of nitrogens with zero attached hydrogens (tertiary/aromatic N) is 4. The van der Waals surface area contributed by atoms with E-state index in [1.54, 1.807) is 12.4 Å². The Morgan fingerprint density at radius 2 is 2.00 bits per heavy atom. The summed E-state index contributed by atoms with van der Waals surface area (Å²) in [6, 6.07) is 11.9. The molecule has 0 spiro atoms. The minimum atomic E-state index is 0.164. The summed E-state index contributed by atoms with van der Waals surface area (Å²) in [5, 5.41) is 4.49. The molecule has 0 amide bonds. The molecule has 0 bridgehead atoms. The Hall–Kier alpha value is -2.57. The molecule has 1 fully saturated rings. The zero-order chi connectivity index (χ0) is 17.1. The van der Waals surface area contributed by atoms with E-state index in [0.717, 1.165) is 48.5 Å².